The highest BCUT2D eigenvalue weighted by molar-refractivity contribution is 5.81. The predicted octanol–water partition coefficient (Wildman–Crippen LogP) is 1.81. The van der Waals surface area contributed by atoms with Gasteiger partial charge in [-0.2, -0.15) is 0 Å². The monoisotopic (exact) mass is 328 g/mol. The lowest BCUT2D eigenvalue weighted by Crippen LogP contribution is -2.09. The first-order chi connectivity index (χ1) is 11.2. The van der Waals surface area contributed by atoms with E-state index >= 15 is 0 Å². The molecule has 0 heterocycles. The van der Waals surface area contributed by atoms with Crippen molar-refractivity contribution in [3.8, 4) is 5.75 Å². The molecule has 0 radical (unpaired) electrons. The molecule has 0 unspecified atom stereocenters. The zero-order valence-electron chi connectivity index (χ0n) is 13.9. The van der Waals surface area contributed by atoms with Crippen molar-refractivity contribution >= 4 is 5.97 Å². The van der Waals surface area contributed by atoms with Crippen LogP contribution >= 0.6 is 0 Å². The van der Waals surface area contributed by atoms with Crippen LogP contribution in [0.4, 0.5) is 0 Å². The maximum Gasteiger partial charge on any atom is 0.330 e. The highest BCUT2D eigenvalue weighted by Gasteiger charge is 1.95. The Labute approximate surface area is 138 Å². The Balaban J connectivity index is 0. The van der Waals surface area contributed by atoms with E-state index in [1.165, 1.54) is 0 Å². The van der Waals surface area contributed by atoms with Crippen molar-refractivity contribution in [3.63, 3.8) is 0 Å². The molecule has 0 fully saturated rings. The van der Waals surface area contributed by atoms with Crippen LogP contribution in [0.15, 0.2) is 43.0 Å². The minimum atomic E-state index is -0.429. The van der Waals surface area contributed by atoms with Crippen LogP contribution in [-0.2, 0) is 14.3 Å². The zero-order valence-corrected chi connectivity index (χ0v) is 13.9. The molecule has 6 heteroatoms. The molecule has 0 aromatic heterocycles. The van der Waals surface area contributed by atoms with Gasteiger partial charge in [0.25, 0.3) is 0 Å². The third-order valence-electron chi connectivity index (χ3n) is 2.01. The smallest absolute Gasteiger partial charge is 0.330 e. The maximum atomic E-state index is 10.6. The number of aliphatic hydroxyl groups excluding tert-OH is 2. The molecule has 1 rings (SSSR count). The largest absolute Gasteiger partial charge is 0.490 e. The molecule has 0 aliphatic rings. The molecule has 0 aliphatic carbocycles. The number of carbonyl (C=O) groups excluding carboxylic acids is 1. The average Bonchev–Trinajstić information content (AvgIpc) is 2.61. The van der Waals surface area contributed by atoms with Crippen molar-refractivity contribution in [1.29, 1.82) is 0 Å². The highest BCUT2D eigenvalue weighted by Crippen LogP contribution is 2.07. The summed E-state index contributed by atoms with van der Waals surface area (Å²) < 4.78 is 14.9. The highest BCUT2D eigenvalue weighted by atomic mass is 16.6. The van der Waals surface area contributed by atoms with Gasteiger partial charge in [0.2, 0.25) is 0 Å². The van der Waals surface area contributed by atoms with Gasteiger partial charge in [-0.25, -0.2) is 4.79 Å². The molecule has 1 aromatic carbocycles. The quantitative estimate of drug-likeness (QED) is 0.430. The van der Waals surface area contributed by atoms with Crippen LogP contribution < -0.4 is 4.74 Å². The Kier molecular flexibility index (Phi) is 20.4. The van der Waals surface area contributed by atoms with E-state index in [0.29, 0.717) is 6.61 Å². The number of esters is 1. The fourth-order valence-corrected chi connectivity index (χ4v) is 1.08. The predicted molar refractivity (Wildman–Crippen MR) is 89.4 cm³/mol. The Morgan fingerprint density at radius 1 is 1.09 bits per heavy atom. The van der Waals surface area contributed by atoms with Gasteiger partial charge in [-0.05, 0) is 26.0 Å². The minimum absolute atomic E-state index is 0.125. The molecule has 0 spiro atoms. The van der Waals surface area contributed by atoms with E-state index in [-0.39, 0.29) is 19.8 Å². The van der Waals surface area contributed by atoms with Crippen molar-refractivity contribution in [2.75, 3.05) is 39.6 Å². The second-order valence-corrected chi connectivity index (χ2v) is 3.76. The van der Waals surface area contributed by atoms with Crippen LogP contribution in [0.25, 0.3) is 0 Å². The standard InChI is InChI=1S/C11H12O3.C4H10O.C2H6O2/c1-2-11(12)14-9-8-13-10-6-4-3-5-7-10;1-3-5-4-2;3-1-2-4/h2-7H,1,8-9H2;3-4H2,1-2H3;3-4H,1-2H2. The maximum absolute atomic E-state index is 10.6. The normalized spacial score (nSPS) is 8.70. The molecular weight excluding hydrogens is 300 g/mol. The number of carbonyl (C=O) groups is 1. The molecule has 0 aliphatic heterocycles. The first-order valence-electron chi connectivity index (χ1n) is 7.42. The van der Waals surface area contributed by atoms with Gasteiger partial charge in [-0.15, -0.1) is 0 Å². The summed E-state index contributed by atoms with van der Waals surface area (Å²) in [5.74, 6) is 0.337. The van der Waals surface area contributed by atoms with E-state index in [2.05, 4.69) is 6.58 Å². The molecule has 0 saturated heterocycles. The van der Waals surface area contributed by atoms with E-state index in [1.807, 2.05) is 44.2 Å². The fraction of sp³-hybridized carbons (Fsp3) is 0.471. The van der Waals surface area contributed by atoms with Gasteiger partial charge in [0, 0.05) is 19.3 Å². The molecule has 0 atom stereocenters. The van der Waals surface area contributed by atoms with Crippen LogP contribution in [0.1, 0.15) is 13.8 Å². The van der Waals surface area contributed by atoms with Crippen LogP contribution in [0.3, 0.4) is 0 Å². The van der Waals surface area contributed by atoms with E-state index < -0.39 is 5.97 Å². The topological polar surface area (TPSA) is 85.2 Å². The Morgan fingerprint density at radius 3 is 2.04 bits per heavy atom. The van der Waals surface area contributed by atoms with E-state index in [0.717, 1.165) is 25.0 Å². The molecule has 1 aromatic rings. The second kappa shape index (κ2) is 20.1. The van der Waals surface area contributed by atoms with Crippen LogP contribution in [-0.4, -0.2) is 55.8 Å². The van der Waals surface area contributed by atoms with Gasteiger partial charge in [-0.3, -0.25) is 0 Å². The second-order valence-electron chi connectivity index (χ2n) is 3.76. The van der Waals surface area contributed by atoms with Crippen molar-refractivity contribution < 1.29 is 29.2 Å². The molecule has 0 bridgehead atoms. The van der Waals surface area contributed by atoms with E-state index in [4.69, 9.17) is 24.4 Å². The molecule has 6 nitrogen and oxygen atoms in total. The Hall–Kier alpha value is -1.89. The molecule has 2 N–H and O–H groups in total. The number of para-hydroxylation sites is 1. The minimum Gasteiger partial charge on any atom is -0.490 e. The first kappa shape index (κ1) is 23.4. The summed E-state index contributed by atoms with van der Waals surface area (Å²) in [6, 6.07) is 9.35. The van der Waals surface area contributed by atoms with Crippen molar-refractivity contribution in [2.24, 2.45) is 0 Å². The molecule has 0 amide bonds. The van der Waals surface area contributed by atoms with Crippen LogP contribution in [0.5, 0.6) is 5.75 Å². The summed E-state index contributed by atoms with van der Waals surface area (Å²) in [5.41, 5.74) is 0. The molecular formula is C17H28O6. The van der Waals surface area contributed by atoms with E-state index in [1.54, 1.807) is 0 Å². The van der Waals surface area contributed by atoms with E-state index in [9.17, 15) is 4.79 Å². The van der Waals surface area contributed by atoms with Gasteiger partial charge in [0.1, 0.15) is 19.0 Å². The number of hydrogen-bond donors (Lipinski definition) is 2. The summed E-state index contributed by atoms with van der Waals surface area (Å²) >= 11 is 0. The summed E-state index contributed by atoms with van der Waals surface area (Å²) in [7, 11) is 0. The van der Waals surface area contributed by atoms with Gasteiger partial charge in [-0.1, -0.05) is 24.8 Å². The summed E-state index contributed by atoms with van der Waals surface area (Å²) in [6.07, 6.45) is 1.13. The van der Waals surface area contributed by atoms with Gasteiger partial charge in [0.15, 0.2) is 0 Å². The van der Waals surface area contributed by atoms with Crippen LogP contribution in [0, 0.1) is 0 Å². The molecule has 0 saturated carbocycles. The third-order valence-corrected chi connectivity index (χ3v) is 2.01. The fourth-order valence-electron chi connectivity index (χ4n) is 1.08. The van der Waals surface area contributed by atoms with Crippen molar-refractivity contribution in [3.05, 3.63) is 43.0 Å². The first-order valence-corrected chi connectivity index (χ1v) is 7.42. The number of rotatable bonds is 8. The molecule has 132 valence electrons. The summed E-state index contributed by atoms with van der Waals surface area (Å²) in [4.78, 5) is 10.6. The van der Waals surface area contributed by atoms with Crippen molar-refractivity contribution in [2.45, 2.75) is 13.8 Å². The molecule has 23 heavy (non-hydrogen) atoms. The Bertz CT molecular complexity index is 363. The zero-order chi connectivity index (χ0) is 17.8. The lowest BCUT2D eigenvalue weighted by atomic mass is 10.3. The summed E-state index contributed by atoms with van der Waals surface area (Å²) in [5, 5.41) is 15.2. The van der Waals surface area contributed by atoms with Gasteiger partial charge in [0.05, 0.1) is 13.2 Å². The number of benzene rings is 1. The SMILES string of the molecule is C=CC(=O)OCCOc1ccccc1.CCOCC.OCCO. The lowest BCUT2D eigenvalue weighted by molar-refractivity contribution is -0.138. The van der Waals surface area contributed by atoms with Crippen LogP contribution in [0.2, 0.25) is 0 Å². The van der Waals surface area contributed by atoms with Gasteiger partial charge >= 0.3 is 5.97 Å². The third kappa shape index (κ3) is 20.1. The van der Waals surface area contributed by atoms with Crippen molar-refractivity contribution in [1.82, 2.24) is 0 Å². The lowest BCUT2D eigenvalue weighted by Gasteiger charge is -2.05. The number of hydrogen-bond acceptors (Lipinski definition) is 6. The average molecular weight is 328 g/mol. The number of ether oxygens (including phenoxy) is 3. The summed E-state index contributed by atoms with van der Waals surface area (Å²) in [6.45, 7) is 9.29. The Morgan fingerprint density at radius 2 is 1.65 bits per heavy atom. The number of aliphatic hydroxyl groups is 2. The van der Waals surface area contributed by atoms with Gasteiger partial charge < -0.3 is 24.4 Å².